The molecule has 0 unspecified atom stereocenters. The van der Waals surface area contributed by atoms with Crippen LogP contribution in [-0.4, -0.2) is 18.5 Å². The summed E-state index contributed by atoms with van der Waals surface area (Å²) in [6, 6.07) is 8.34. The molecule has 0 saturated carbocycles. The second-order valence-corrected chi connectivity index (χ2v) is 4.94. The zero-order valence-corrected chi connectivity index (χ0v) is 11.6. The number of aromatic nitrogens is 1. The first kappa shape index (κ1) is 12.7. The summed E-state index contributed by atoms with van der Waals surface area (Å²) in [5.74, 6) is 1.12. The molecule has 0 amide bonds. The number of ether oxygens (including phenoxy) is 1. The molecule has 0 atom stereocenters. The van der Waals surface area contributed by atoms with Gasteiger partial charge in [0.25, 0.3) is 0 Å². The molecule has 1 aromatic heterocycles. The first-order chi connectivity index (χ1) is 8.63. The maximum absolute atomic E-state index is 5.76. The molecular formula is C13H17N3OS. The average Bonchev–Trinajstić information content (AvgIpc) is 2.73. The van der Waals surface area contributed by atoms with Gasteiger partial charge in [-0.25, -0.2) is 0 Å². The van der Waals surface area contributed by atoms with Crippen LogP contribution in [0.1, 0.15) is 11.1 Å². The van der Waals surface area contributed by atoms with Gasteiger partial charge in [-0.3, -0.25) is 0 Å². The van der Waals surface area contributed by atoms with E-state index < -0.39 is 0 Å². The van der Waals surface area contributed by atoms with Crippen molar-refractivity contribution in [3.63, 3.8) is 0 Å². The predicted molar refractivity (Wildman–Crippen MR) is 76.4 cm³/mol. The Morgan fingerprint density at radius 2 is 2.11 bits per heavy atom. The number of nitrogens with zero attached hydrogens (tertiary/aromatic N) is 2. The number of anilines is 2. The number of hydrogen-bond acceptors (Lipinski definition) is 5. The Morgan fingerprint density at radius 1 is 1.39 bits per heavy atom. The van der Waals surface area contributed by atoms with E-state index in [9.17, 15) is 0 Å². The second kappa shape index (κ2) is 5.27. The van der Waals surface area contributed by atoms with E-state index in [0.29, 0.717) is 11.6 Å². The molecule has 96 valence electrons. The normalized spacial score (nSPS) is 10.4. The number of hydrogen-bond donors (Lipinski definition) is 1. The highest BCUT2D eigenvalue weighted by molar-refractivity contribution is 7.11. The highest BCUT2D eigenvalue weighted by Crippen LogP contribution is 2.37. The summed E-state index contributed by atoms with van der Waals surface area (Å²) >= 11 is 1.36. The van der Waals surface area contributed by atoms with Crippen LogP contribution in [0.3, 0.4) is 0 Å². The molecule has 0 fully saturated rings. The van der Waals surface area contributed by atoms with E-state index in [0.717, 1.165) is 11.5 Å². The van der Waals surface area contributed by atoms with Crippen LogP contribution >= 0.6 is 11.5 Å². The molecule has 0 aliphatic rings. The van der Waals surface area contributed by atoms with Gasteiger partial charge < -0.3 is 15.4 Å². The van der Waals surface area contributed by atoms with E-state index in [4.69, 9.17) is 10.5 Å². The first-order valence-electron chi connectivity index (χ1n) is 5.68. The molecule has 0 radical (unpaired) electrons. The lowest BCUT2D eigenvalue weighted by Crippen LogP contribution is -2.16. The number of benzene rings is 1. The molecule has 2 rings (SSSR count). The fraction of sp³-hybridized carbons (Fsp3) is 0.308. The average molecular weight is 263 g/mol. The second-order valence-electron chi connectivity index (χ2n) is 4.19. The van der Waals surface area contributed by atoms with Crippen molar-refractivity contribution >= 4 is 22.4 Å². The molecule has 5 heteroatoms. The molecule has 0 bridgehead atoms. The maximum atomic E-state index is 5.76. The van der Waals surface area contributed by atoms with Crippen molar-refractivity contribution in [1.29, 1.82) is 0 Å². The Labute approximate surface area is 111 Å². The van der Waals surface area contributed by atoms with Crippen LogP contribution in [0.25, 0.3) is 0 Å². The van der Waals surface area contributed by atoms with E-state index in [2.05, 4.69) is 34.4 Å². The van der Waals surface area contributed by atoms with Gasteiger partial charge in [-0.2, -0.15) is 4.37 Å². The lowest BCUT2D eigenvalue weighted by molar-refractivity contribution is 0.418. The van der Waals surface area contributed by atoms with Gasteiger partial charge in [-0.15, -0.1) is 0 Å². The summed E-state index contributed by atoms with van der Waals surface area (Å²) in [4.78, 5) is 2.11. The standard InChI is InChI=1S/C13H17N3OS/c1-9-6-4-5-7-10(9)8-16(2)13-11(17-3)12(14)15-18-13/h4-7H,8H2,1-3H3,(H2,14,15). The Balaban J connectivity index is 2.22. The SMILES string of the molecule is COc1c(N)nsc1N(C)Cc1ccccc1C. The summed E-state index contributed by atoms with van der Waals surface area (Å²) in [5, 5.41) is 0.957. The number of methoxy groups -OCH3 is 1. The van der Waals surface area contributed by atoms with Crippen molar-refractivity contribution in [2.75, 3.05) is 24.8 Å². The lowest BCUT2D eigenvalue weighted by Gasteiger charge is -2.19. The quantitative estimate of drug-likeness (QED) is 0.921. The van der Waals surface area contributed by atoms with Gasteiger partial charge in [0.05, 0.1) is 7.11 Å². The minimum atomic E-state index is 0.453. The Kier molecular flexibility index (Phi) is 3.72. The van der Waals surface area contributed by atoms with Crippen LogP contribution in [-0.2, 0) is 6.54 Å². The number of nitrogen functional groups attached to an aromatic ring is 1. The van der Waals surface area contributed by atoms with Crippen LogP contribution in [0.15, 0.2) is 24.3 Å². The van der Waals surface area contributed by atoms with Crippen LogP contribution in [0.4, 0.5) is 10.8 Å². The largest absolute Gasteiger partial charge is 0.490 e. The van der Waals surface area contributed by atoms with Crippen LogP contribution in [0.5, 0.6) is 5.75 Å². The Morgan fingerprint density at radius 3 is 2.78 bits per heavy atom. The fourth-order valence-corrected chi connectivity index (χ4v) is 2.58. The number of nitrogens with two attached hydrogens (primary N) is 1. The van der Waals surface area contributed by atoms with Crippen LogP contribution < -0.4 is 15.4 Å². The summed E-state index contributed by atoms with van der Waals surface area (Å²) in [7, 11) is 3.63. The van der Waals surface area contributed by atoms with Gasteiger partial charge in [0, 0.05) is 13.6 Å². The van der Waals surface area contributed by atoms with Crippen molar-refractivity contribution in [1.82, 2.24) is 4.37 Å². The van der Waals surface area contributed by atoms with E-state index in [1.54, 1.807) is 7.11 Å². The third-order valence-electron chi connectivity index (χ3n) is 2.88. The van der Waals surface area contributed by atoms with Crippen molar-refractivity contribution < 1.29 is 4.74 Å². The molecule has 0 spiro atoms. The van der Waals surface area contributed by atoms with Crippen LogP contribution in [0.2, 0.25) is 0 Å². The predicted octanol–water partition coefficient (Wildman–Crippen LogP) is 2.68. The van der Waals surface area contributed by atoms with E-state index in [1.807, 2.05) is 13.1 Å². The van der Waals surface area contributed by atoms with Crippen LogP contribution in [0, 0.1) is 6.92 Å². The molecular weight excluding hydrogens is 246 g/mol. The summed E-state index contributed by atoms with van der Waals surface area (Å²) in [6.45, 7) is 2.92. The van der Waals surface area contributed by atoms with Gasteiger partial charge in [0.1, 0.15) is 0 Å². The van der Waals surface area contributed by atoms with Gasteiger partial charge in [-0.05, 0) is 29.6 Å². The minimum absolute atomic E-state index is 0.453. The molecule has 18 heavy (non-hydrogen) atoms. The van der Waals surface area contributed by atoms with Gasteiger partial charge in [0.2, 0.25) is 0 Å². The zero-order valence-electron chi connectivity index (χ0n) is 10.8. The highest BCUT2D eigenvalue weighted by Gasteiger charge is 2.16. The van der Waals surface area contributed by atoms with Gasteiger partial charge in [-0.1, -0.05) is 24.3 Å². The summed E-state index contributed by atoms with van der Waals surface area (Å²) < 4.78 is 9.41. The molecule has 2 aromatic rings. The lowest BCUT2D eigenvalue weighted by atomic mass is 10.1. The van der Waals surface area contributed by atoms with Crippen molar-refractivity contribution in [2.24, 2.45) is 0 Å². The molecule has 0 aliphatic carbocycles. The Bertz CT molecular complexity index is 539. The van der Waals surface area contributed by atoms with E-state index in [-0.39, 0.29) is 0 Å². The summed E-state index contributed by atoms with van der Waals surface area (Å²) in [6.07, 6.45) is 0. The first-order valence-corrected chi connectivity index (χ1v) is 6.45. The smallest absolute Gasteiger partial charge is 0.197 e. The minimum Gasteiger partial charge on any atom is -0.490 e. The summed E-state index contributed by atoms with van der Waals surface area (Å²) in [5.41, 5.74) is 8.33. The van der Waals surface area contributed by atoms with Crippen molar-refractivity contribution in [2.45, 2.75) is 13.5 Å². The van der Waals surface area contributed by atoms with Crippen molar-refractivity contribution in [3.05, 3.63) is 35.4 Å². The van der Waals surface area contributed by atoms with Gasteiger partial charge in [0.15, 0.2) is 16.6 Å². The molecule has 1 heterocycles. The zero-order chi connectivity index (χ0) is 13.1. The molecule has 2 N–H and O–H groups in total. The van der Waals surface area contributed by atoms with Crippen molar-refractivity contribution in [3.8, 4) is 5.75 Å². The number of rotatable bonds is 4. The highest BCUT2D eigenvalue weighted by atomic mass is 32.1. The molecule has 0 aliphatic heterocycles. The number of aryl methyl sites for hydroxylation is 1. The topological polar surface area (TPSA) is 51.4 Å². The monoisotopic (exact) mass is 263 g/mol. The third kappa shape index (κ3) is 2.41. The van der Waals surface area contributed by atoms with E-state index >= 15 is 0 Å². The van der Waals surface area contributed by atoms with E-state index in [1.165, 1.54) is 22.7 Å². The Hall–Kier alpha value is -1.75. The molecule has 0 saturated heterocycles. The maximum Gasteiger partial charge on any atom is 0.197 e. The van der Waals surface area contributed by atoms with Gasteiger partial charge >= 0.3 is 0 Å². The third-order valence-corrected chi connectivity index (χ3v) is 3.83. The molecule has 1 aromatic carbocycles. The molecule has 4 nitrogen and oxygen atoms in total. The fourth-order valence-electron chi connectivity index (χ4n) is 1.83.